The largest absolute Gasteiger partial charge is 0.472 e. The first kappa shape index (κ1) is 93.1. The zero-order chi connectivity index (χ0) is 70.1. The summed E-state index contributed by atoms with van der Waals surface area (Å²) in [5.41, 5.74) is 0. The SMILES string of the molecule is CCCCCCCCCCCCCCCCCC(=O)OC[C@H](COP(=O)(O)OC[C@@H](O)COP(=O)(O)OC[C@@H](COC(=O)CCCCCCCCCCC(C)C)OC(=O)CCCCCCCCCCCCC(C)C)OC(=O)CCCCCCCCCCCCCCCC(C)C. The maximum Gasteiger partial charge on any atom is 0.472 e. The lowest BCUT2D eigenvalue weighted by Crippen LogP contribution is -2.30. The molecule has 0 rings (SSSR count). The summed E-state index contributed by atoms with van der Waals surface area (Å²) in [5, 5.41) is 10.6. The van der Waals surface area contributed by atoms with Gasteiger partial charge in [0.05, 0.1) is 26.4 Å². The van der Waals surface area contributed by atoms with Crippen LogP contribution in [0.3, 0.4) is 0 Å². The van der Waals surface area contributed by atoms with Gasteiger partial charge in [-0.1, -0.05) is 337 Å². The van der Waals surface area contributed by atoms with E-state index >= 15 is 0 Å². The van der Waals surface area contributed by atoms with E-state index in [1.165, 1.54) is 199 Å². The van der Waals surface area contributed by atoms with Crippen molar-refractivity contribution in [1.82, 2.24) is 0 Å². The number of phosphoric ester groups is 2. The molecule has 564 valence electrons. The van der Waals surface area contributed by atoms with Gasteiger partial charge in [-0.05, 0) is 43.4 Å². The van der Waals surface area contributed by atoms with Gasteiger partial charge in [0.1, 0.15) is 19.3 Å². The van der Waals surface area contributed by atoms with Gasteiger partial charge in [0, 0.05) is 25.7 Å². The van der Waals surface area contributed by atoms with Crippen LogP contribution in [0.1, 0.15) is 389 Å². The summed E-state index contributed by atoms with van der Waals surface area (Å²) in [7, 11) is -9.91. The second kappa shape index (κ2) is 66.6. The van der Waals surface area contributed by atoms with Gasteiger partial charge >= 0.3 is 39.5 Å². The van der Waals surface area contributed by atoms with Crippen molar-refractivity contribution >= 4 is 39.5 Å². The Labute approximate surface area is 581 Å². The molecule has 2 unspecified atom stereocenters. The third-order valence-electron chi connectivity index (χ3n) is 17.6. The lowest BCUT2D eigenvalue weighted by Gasteiger charge is -2.21. The number of hydrogen-bond donors (Lipinski definition) is 3. The van der Waals surface area contributed by atoms with E-state index in [0.717, 1.165) is 108 Å². The number of phosphoric acid groups is 2. The molecule has 95 heavy (non-hydrogen) atoms. The fourth-order valence-electron chi connectivity index (χ4n) is 11.6. The van der Waals surface area contributed by atoms with Crippen molar-refractivity contribution < 1.29 is 80.2 Å². The van der Waals surface area contributed by atoms with Crippen LogP contribution < -0.4 is 0 Å². The van der Waals surface area contributed by atoms with Crippen molar-refractivity contribution in [2.75, 3.05) is 39.6 Å². The highest BCUT2D eigenvalue weighted by Gasteiger charge is 2.30. The second-order valence-electron chi connectivity index (χ2n) is 28.8. The summed E-state index contributed by atoms with van der Waals surface area (Å²) in [6, 6.07) is 0. The van der Waals surface area contributed by atoms with Crippen LogP contribution in [0.4, 0.5) is 0 Å². The van der Waals surface area contributed by atoms with Crippen LogP contribution in [-0.2, 0) is 65.4 Å². The first-order chi connectivity index (χ1) is 45.7. The minimum absolute atomic E-state index is 0.105. The number of carbonyl (C=O) groups is 4. The Morgan fingerprint density at radius 3 is 0.716 bits per heavy atom. The molecule has 0 aliphatic heterocycles. The Morgan fingerprint density at radius 2 is 0.484 bits per heavy atom. The van der Waals surface area contributed by atoms with Crippen molar-refractivity contribution in [3.05, 3.63) is 0 Å². The molecule has 0 saturated heterocycles. The topological polar surface area (TPSA) is 237 Å². The predicted octanol–water partition coefficient (Wildman–Crippen LogP) is 22.2. The van der Waals surface area contributed by atoms with Gasteiger partial charge in [0.25, 0.3) is 0 Å². The first-order valence-corrected chi connectivity index (χ1v) is 42.3. The van der Waals surface area contributed by atoms with Gasteiger partial charge in [0.2, 0.25) is 0 Å². The van der Waals surface area contributed by atoms with Crippen molar-refractivity contribution in [3.63, 3.8) is 0 Å². The predicted molar refractivity (Wildman–Crippen MR) is 386 cm³/mol. The van der Waals surface area contributed by atoms with Crippen molar-refractivity contribution in [2.45, 2.75) is 407 Å². The van der Waals surface area contributed by atoms with E-state index in [1.54, 1.807) is 0 Å². The van der Waals surface area contributed by atoms with Crippen LogP contribution in [0.15, 0.2) is 0 Å². The van der Waals surface area contributed by atoms with Crippen molar-refractivity contribution in [1.29, 1.82) is 0 Å². The highest BCUT2D eigenvalue weighted by molar-refractivity contribution is 7.47. The summed E-state index contributed by atoms with van der Waals surface area (Å²) in [4.78, 5) is 72.8. The number of carbonyl (C=O) groups excluding carboxylic acids is 4. The molecule has 0 aromatic carbocycles. The third-order valence-corrected chi connectivity index (χ3v) is 19.5. The molecule has 17 nitrogen and oxygen atoms in total. The van der Waals surface area contributed by atoms with E-state index in [4.69, 9.17) is 37.0 Å². The molecule has 19 heteroatoms. The summed E-state index contributed by atoms with van der Waals surface area (Å²) in [6.07, 6.45) is 52.7. The molecule has 0 spiro atoms. The molecule has 0 aromatic rings. The van der Waals surface area contributed by atoms with Crippen LogP contribution >= 0.6 is 15.6 Å². The number of rotatable bonds is 74. The number of aliphatic hydroxyl groups excluding tert-OH is 1. The molecular weight excluding hydrogens is 1250 g/mol. The fourth-order valence-corrected chi connectivity index (χ4v) is 13.2. The number of ether oxygens (including phenoxy) is 4. The summed E-state index contributed by atoms with van der Waals surface area (Å²) >= 11 is 0. The molecular formula is C76H148O17P2. The second-order valence-corrected chi connectivity index (χ2v) is 31.7. The lowest BCUT2D eigenvalue weighted by atomic mass is 10.0. The molecule has 0 aliphatic rings. The molecule has 5 atom stereocenters. The van der Waals surface area contributed by atoms with E-state index in [2.05, 4.69) is 48.5 Å². The minimum atomic E-state index is -4.96. The molecule has 0 fully saturated rings. The van der Waals surface area contributed by atoms with E-state index < -0.39 is 97.5 Å². The van der Waals surface area contributed by atoms with Crippen LogP contribution in [0.2, 0.25) is 0 Å². The molecule has 0 saturated carbocycles. The Kier molecular flexibility index (Phi) is 65.2. The van der Waals surface area contributed by atoms with Crippen LogP contribution in [0.25, 0.3) is 0 Å². The molecule has 0 bridgehead atoms. The number of esters is 4. The van der Waals surface area contributed by atoms with Gasteiger partial charge in [-0.15, -0.1) is 0 Å². The summed E-state index contributed by atoms with van der Waals surface area (Å²) in [6.45, 7) is 11.9. The van der Waals surface area contributed by atoms with Gasteiger partial charge in [-0.3, -0.25) is 37.3 Å². The maximum absolute atomic E-state index is 13.1. The zero-order valence-corrected chi connectivity index (χ0v) is 63.9. The quantitative estimate of drug-likeness (QED) is 0.0222. The third kappa shape index (κ3) is 70.3. The number of aliphatic hydroxyl groups is 1. The average molecular weight is 1400 g/mol. The Hall–Kier alpha value is -1.94. The van der Waals surface area contributed by atoms with Crippen LogP contribution in [-0.4, -0.2) is 96.7 Å². The molecule has 0 aromatic heterocycles. The van der Waals surface area contributed by atoms with Crippen molar-refractivity contribution in [3.8, 4) is 0 Å². The van der Waals surface area contributed by atoms with Gasteiger partial charge in [0.15, 0.2) is 12.2 Å². The van der Waals surface area contributed by atoms with Crippen LogP contribution in [0.5, 0.6) is 0 Å². The summed E-state index contributed by atoms with van der Waals surface area (Å²) in [5.74, 6) is 0.148. The van der Waals surface area contributed by atoms with E-state index in [-0.39, 0.29) is 25.7 Å². The Balaban J connectivity index is 5.26. The van der Waals surface area contributed by atoms with E-state index in [0.29, 0.717) is 25.7 Å². The van der Waals surface area contributed by atoms with Gasteiger partial charge < -0.3 is 33.8 Å². The zero-order valence-electron chi connectivity index (χ0n) is 62.1. The van der Waals surface area contributed by atoms with Gasteiger partial charge in [-0.25, -0.2) is 9.13 Å². The Bertz CT molecular complexity index is 1850. The lowest BCUT2D eigenvalue weighted by molar-refractivity contribution is -0.161. The van der Waals surface area contributed by atoms with E-state index in [9.17, 15) is 43.2 Å². The first-order valence-electron chi connectivity index (χ1n) is 39.3. The maximum atomic E-state index is 13.1. The van der Waals surface area contributed by atoms with E-state index in [1.807, 2.05) is 0 Å². The smallest absolute Gasteiger partial charge is 0.462 e. The molecule has 0 radical (unpaired) electrons. The molecule has 0 aliphatic carbocycles. The fraction of sp³-hybridized carbons (Fsp3) is 0.947. The normalized spacial score (nSPS) is 14.1. The molecule has 3 N–H and O–H groups in total. The Morgan fingerprint density at radius 1 is 0.284 bits per heavy atom. The number of unbranched alkanes of at least 4 members (excludes halogenated alkanes) is 42. The van der Waals surface area contributed by atoms with Gasteiger partial charge in [-0.2, -0.15) is 0 Å². The highest BCUT2D eigenvalue weighted by atomic mass is 31.2. The molecule has 0 heterocycles. The molecule has 0 amide bonds. The monoisotopic (exact) mass is 1400 g/mol. The van der Waals surface area contributed by atoms with Crippen LogP contribution in [0, 0.1) is 17.8 Å². The minimum Gasteiger partial charge on any atom is -0.462 e. The standard InChI is InChI=1S/C76H148O17P2/c1-8-9-10-11-12-13-14-15-16-19-22-28-36-43-50-57-73(78)86-63-71(92-75(80)59-52-45-38-29-23-20-17-18-21-26-33-40-47-54-67(2)3)65-90-94(82,83)88-61-70(77)62-89-95(84,85)91-66-72(64-87-74(79)58-51-44-37-32-31-35-42-49-56-69(6)7)93-76(81)60-53-46-39-30-25-24-27-34-41-48-55-68(4)5/h67-72,77H,8-66H2,1-7H3,(H,82,83)(H,84,85)/t70-,71-,72-/m1/s1. The number of hydrogen-bond acceptors (Lipinski definition) is 15. The highest BCUT2D eigenvalue weighted by Crippen LogP contribution is 2.45. The average Bonchev–Trinajstić information content (AvgIpc) is 2.61. The summed E-state index contributed by atoms with van der Waals surface area (Å²) < 4.78 is 68.5. The van der Waals surface area contributed by atoms with Crippen molar-refractivity contribution in [2.24, 2.45) is 17.8 Å².